The summed E-state index contributed by atoms with van der Waals surface area (Å²) in [5.74, 6) is -0.206. The fourth-order valence-electron chi connectivity index (χ4n) is 1.51. The Hall–Kier alpha value is -1.44. The van der Waals surface area contributed by atoms with Crippen molar-refractivity contribution in [2.75, 3.05) is 11.9 Å². The Kier molecular flexibility index (Phi) is 5.46. The predicted octanol–water partition coefficient (Wildman–Crippen LogP) is 0.661. The maximum Gasteiger partial charge on any atom is 0.240 e. The quantitative estimate of drug-likeness (QED) is 0.714. The third-order valence-corrected chi connectivity index (χ3v) is 4.12. The van der Waals surface area contributed by atoms with E-state index >= 15 is 0 Å². The lowest BCUT2D eigenvalue weighted by molar-refractivity contribution is -0.114. The van der Waals surface area contributed by atoms with E-state index in [0.29, 0.717) is 12.1 Å². The van der Waals surface area contributed by atoms with Gasteiger partial charge < -0.3 is 11.1 Å². The summed E-state index contributed by atoms with van der Waals surface area (Å²) in [6, 6.07) is 5.69. The molecule has 0 bridgehead atoms. The standard InChI is InChI=1S/C12H19N3O3S/c1-3-10(8-13)15-19(17,18)12-6-4-11(5-7-12)14-9(2)16/h4-7,10,15H,3,8,13H2,1-2H3,(H,14,16). The number of nitrogens with two attached hydrogens (primary N) is 1. The molecule has 0 spiro atoms. The molecule has 1 amide bonds. The van der Waals surface area contributed by atoms with Gasteiger partial charge in [0.15, 0.2) is 0 Å². The van der Waals surface area contributed by atoms with Crippen molar-refractivity contribution in [2.45, 2.75) is 31.2 Å². The summed E-state index contributed by atoms with van der Waals surface area (Å²) in [4.78, 5) is 11.0. The van der Waals surface area contributed by atoms with Crippen LogP contribution >= 0.6 is 0 Å². The van der Waals surface area contributed by atoms with E-state index in [1.807, 2.05) is 6.92 Å². The van der Waals surface area contributed by atoms with E-state index in [9.17, 15) is 13.2 Å². The monoisotopic (exact) mass is 285 g/mol. The Morgan fingerprint density at radius 1 is 1.32 bits per heavy atom. The second-order valence-corrected chi connectivity index (χ2v) is 5.88. The molecule has 0 heterocycles. The van der Waals surface area contributed by atoms with E-state index in [-0.39, 0.29) is 23.4 Å². The van der Waals surface area contributed by atoms with E-state index in [1.54, 1.807) is 12.1 Å². The van der Waals surface area contributed by atoms with E-state index in [2.05, 4.69) is 10.0 Å². The molecule has 0 fully saturated rings. The molecule has 1 unspecified atom stereocenters. The summed E-state index contributed by atoms with van der Waals surface area (Å²) in [7, 11) is -3.57. The van der Waals surface area contributed by atoms with Crippen LogP contribution in [-0.2, 0) is 14.8 Å². The molecule has 106 valence electrons. The molecule has 0 aliphatic rings. The highest BCUT2D eigenvalue weighted by Crippen LogP contribution is 2.14. The smallest absolute Gasteiger partial charge is 0.240 e. The van der Waals surface area contributed by atoms with Crippen LogP contribution < -0.4 is 15.8 Å². The molecular weight excluding hydrogens is 266 g/mol. The van der Waals surface area contributed by atoms with Crippen LogP contribution in [-0.4, -0.2) is 26.9 Å². The lowest BCUT2D eigenvalue weighted by atomic mass is 10.2. The fourth-order valence-corrected chi connectivity index (χ4v) is 2.84. The van der Waals surface area contributed by atoms with Crippen LogP contribution in [0.15, 0.2) is 29.2 Å². The second-order valence-electron chi connectivity index (χ2n) is 4.17. The first-order valence-electron chi connectivity index (χ1n) is 5.99. The van der Waals surface area contributed by atoms with Crippen LogP contribution in [0.4, 0.5) is 5.69 Å². The van der Waals surface area contributed by atoms with Gasteiger partial charge in [-0.25, -0.2) is 13.1 Å². The van der Waals surface area contributed by atoms with Crippen molar-refractivity contribution in [1.82, 2.24) is 4.72 Å². The highest BCUT2D eigenvalue weighted by molar-refractivity contribution is 7.89. The Bertz CT molecular complexity index is 522. The van der Waals surface area contributed by atoms with E-state index < -0.39 is 10.0 Å². The molecule has 0 saturated carbocycles. The average molecular weight is 285 g/mol. The molecule has 1 atom stereocenters. The number of rotatable bonds is 6. The Balaban J connectivity index is 2.87. The molecule has 19 heavy (non-hydrogen) atoms. The lowest BCUT2D eigenvalue weighted by Crippen LogP contribution is -2.39. The molecule has 0 aliphatic carbocycles. The van der Waals surface area contributed by atoms with Crippen molar-refractivity contribution in [3.05, 3.63) is 24.3 Å². The summed E-state index contributed by atoms with van der Waals surface area (Å²) in [6.45, 7) is 3.50. The zero-order valence-electron chi connectivity index (χ0n) is 11.0. The normalized spacial score (nSPS) is 13.0. The van der Waals surface area contributed by atoms with Gasteiger partial charge in [0, 0.05) is 25.2 Å². The van der Waals surface area contributed by atoms with Crippen LogP contribution in [0, 0.1) is 0 Å². The van der Waals surface area contributed by atoms with Gasteiger partial charge in [-0.2, -0.15) is 0 Å². The molecule has 7 heteroatoms. The second kappa shape index (κ2) is 6.65. The number of carbonyl (C=O) groups excluding carboxylic acids is 1. The minimum Gasteiger partial charge on any atom is -0.329 e. The van der Waals surface area contributed by atoms with Gasteiger partial charge in [0.2, 0.25) is 15.9 Å². The molecule has 1 rings (SSSR count). The van der Waals surface area contributed by atoms with Gasteiger partial charge in [0.05, 0.1) is 4.90 Å². The Morgan fingerprint density at radius 3 is 2.32 bits per heavy atom. The molecule has 0 saturated heterocycles. The zero-order valence-corrected chi connectivity index (χ0v) is 11.8. The average Bonchev–Trinajstić information content (AvgIpc) is 2.36. The van der Waals surface area contributed by atoms with Crippen LogP contribution in [0.25, 0.3) is 0 Å². The van der Waals surface area contributed by atoms with Gasteiger partial charge >= 0.3 is 0 Å². The lowest BCUT2D eigenvalue weighted by Gasteiger charge is -2.15. The summed E-state index contributed by atoms with van der Waals surface area (Å²) in [5, 5.41) is 2.57. The first-order valence-corrected chi connectivity index (χ1v) is 7.47. The molecule has 1 aromatic rings. The predicted molar refractivity (Wildman–Crippen MR) is 74.2 cm³/mol. The highest BCUT2D eigenvalue weighted by atomic mass is 32.2. The van der Waals surface area contributed by atoms with Crippen molar-refractivity contribution in [3.8, 4) is 0 Å². The number of carbonyl (C=O) groups is 1. The maximum atomic E-state index is 12.0. The number of amides is 1. The van der Waals surface area contributed by atoms with Crippen LogP contribution in [0.2, 0.25) is 0 Å². The first-order chi connectivity index (χ1) is 8.89. The van der Waals surface area contributed by atoms with Gasteiger partial charge in [0.1, 0.15) is 0 Å². The highest BCUT2D eigenvalue weighted by Gasteiger charge is 2.17. The summed E-state index contributed by atoms with van der Waals surface area (Å²) in [6.07, 6.45) is 0.625. The minimum atomic E-state index is -3.57. The summed E-state index contributed by atoms with van der Waals surface area (Å²) < 4.78 is 26.6. The molecular formula is C12H19N3O3S. The largest absolute Gasteiger partial charge is 0.329 e. The van der Waals surface area contributed by atoms with Gasteiger partial charge in [-0.05, 0) is 30.7 Å². The van der Waals surface area contributed by atoms with Crippen LogP contribution in [0.3, 0.4) is 0 Å². The van der Waals surface area contributed by atoms with E-state index in [4.69, 9.17) is 5.73 Å². The topological polar surface area (TPSA) is 101 Å². The van der Waals surface area contributed by atoms with Gasteiger partial charge in [0.25, 0.3) is 0 Å². The number of benzene rings is 1. The first kappa shape index (κ1) is 15.6. The summed E-state index contributed by atoms with van der Waals surface area (Å²) in [5.41, 5.74) is 6.03. The molecule has 6 nitrogen and oxygen atoms in total. The maximum absolute atomic E-state index is 12.0. The molecule has 0 radical (unpaired) electrons. The Labute approximate surface area is 113 Å². The SMILES string of the molecule is CCC(CN)NS(=O)(=O)c1ccc(NC(C)=O)cc1. The zero-order chi connectivity index (χ0) is 14.5. The number of hydrogen-bond acceptors (Lipinski definition) is 4. The number of anilines is 1. The summed E-state index contributed by atoms with van der Waals surface area (Å²) >= 11 is 0. The van der Waals surface area contributed by atoms with Gasteiger partial charge in [-0.1, -0.05) is 6.92 Å². The molecule has 4 N–H and O–H groups in total. The van der Waals surface area contributed by atoms with E-state index in [1.165, 1.54) is 19.1 Å². The van der Waals surface area contributed by atoms with Gasteiger partial charge in [-0.15, -0.1) is 0 Å². The third-order valence-electron chi connectivity index (χ3n) is 2.58. The van der Waals surface area contributed by atoms with E-state index in [0.717, 1.165) is 0 Å². The van der Waals surface area contributed by atoms with Crippen molar-refractivity contribution in [1.29, 1.82) is 0 Å². The molecule has 0 aromatic heterocycles. The number of nitrogens with one attached hydrogen (secondary N) is 2. The number of sulfonamides is 1. The van der Waals surface area contributed by atoms with Crippen molar-refractivity contribution < 1.29 is 13.2 Å². The molecule has 1 aromatic carbocycles. The van der Waals surface area contributed by atoms with Crippen LogP contribution in [0.1, 0.15) is 20.3 Å². The van der Waals surface area contributed by atoms with Gasteiger partial charge in [-0.3, -0.25) is 4.79 Å². The third kappa shape index (κ3) is 4.62. The Morgan fingerprint density at radius 2 is 1.89 bits per heavy atom. The van der Waals surface area contributed by atoms with Crippen molar-refractivity contribution >= 4 is 21.6 Å². The van der Waals surface area contributed by atoms with Crippen molar-refractivity contribution in [2.24, 2.45) is 5.73 Å². The number of hydrogen-bond donors (Lipinski definition) is 3. The van der Waals surface area contributed by atoms with Crippen LogP contribution in [0.5, 0.6) is 0 Å². The van der Waals surface area contributed by atoms with Crippen molar-refractivity contribution in [3.63, 3.8) is 0 Å². The fraction of sp³-hybridized carbons (Fsp3) is 0.417. The molecule has 0 aliphatic heterocycles. The minimum absolute atomic E-state index is 0.147.